The second kappa shape index (κ2) is 7.34. The number of H-pyrrole nitrogens is 1. The highest BCUT2D eigenvalue weighted by molar-refractivity contribution is 7.18. The number of nitrogens with one attached hydrogen (secondary N) is 1. The summed E-state index contributed by atoms with van der Waals surface area (Å²) in [6.07, 6.45) is 1.12. The minimum atomic E-state index is -0.438. The summed E-state index contributed by atoms with van der Waals surface area (Å²) >= 11 is 1.27. The average molecular weight is 424 g/mol. The van der Waals surface area contributed by atoms with Crippen molar-refractivity contribution in [1.82, 2.24) is 30.0 Å². The van der Waals surface area contributed by atoms with Crippen LogP contribution in [0.1, 0.15) is 29.7 Å². The lowest BCUT2D eigenvalue weighted by Crippen LogP contribution is -2.33. The Balaban J connectivity index is 1.45. The molecule has 5 rings (SSSR count). The highest BCUT2D eigenvalue weighted by Gasteiger charge is 2.34. The standard InChI is InChI=1S/C19H16N6O4S/c1-10-20-16(29-24-10)14-22-15(26)13-18(23-14)30-17(21-13)12-8-5-9-25(12)19(27)28-11-6-3-2-4-7-11/h2-4,6-7,12H,5,8-9H2,1H3,(H,22,23,26)/t12-/m1/s1. The van der Waals surface area contributed by atoms with Crippen LogP contribution in [0.4, 0.5) is 4.79 Å². The van der Waals surface area contributed by atoms with Gasteiger partial charge < -0.3 is 14.2 Å². The molecule has 1 aliphatic heterocycles. The fourth-order valence-electron chi connectivity index (χ4n) is 3.38. The topological polar surface area (TPSA) is 127 Å². The number of nitrogens with zero attached hydrogens (tertiary/aromatic N) is 5. The number of thiazole rings is 1. The van der Waals surface area contributed by atoms with Crippen LogP contribution in [0.5, 0.6) is 5.75 Å². The molecule has 1 saturated heterocycles. The first kappa shape index (κ1) is 18.4. The number of carbonyl (C=O) groups excluding carboxylic acids is 1. The Morgan fingerprint density at radius 1 is 1.27 bits per heavy atom. The number of aryl methyl sites for hydroxylation is 1. The quantitative estimate of drug-likeness (QED) is 0.531. The summed E-state index contributed by atoms with van der Waals surface area (Å²) in [6.45, 7) is 2.24. The number of fused-ring (bicyclic) bond motifs is 1. The van der Waals surface area contributed by atoms with Gasteiger partial charge in [-0.05, 0) is 31.9 Å². The van der Waals surface area contributed by atoms with E-state index in [0.717, 1.165) is 12.8 Å². The molecule has 1 fully saturated rings. The Morgan fingerprint density at radius 2 is 2.10 bits per heavy atom. The van der Waals surface area contributed by atoms with Gasteiger partial charge in [-0.3, -0.25) is 9.69 Å². The van der Waals surface area contributed by atoms with Gasteiger partial charge in [0.15, 0.2) is 16.2 Å². The van der Waals surface area contributed by atoms with Crippen molar-refractivity contribution >= 4 is 27.8 Å². The van der Waals surface area contributed by atoms with Crippen molar-refractivity contribution in [2.45, 2.75) is 25.8 Å². The number of carbonyl (C=O) groups is 1. The van der Waals surface area contributed by atoms with Crippen LogP contribution in [0, 0.1) is 6.92 Å². The smallest absolute Gasteiger partial charge is 0.410 e. The average Bonchev–Trinajstić information content (AvgIpc) is 3.47. The molecule has 0 spiro atoms. The van der Waals surface area contributed by atoms with Crippen molar-refractivity contribution in [2.75, 3.05) is 6.54 Å². The van der Waals surface area contributed by atoms with Gasteiger partial charge in [-0.25, -0.2) is 14.8 Å². The number of likely N-dealkylation sites (tertiary alicyclic amines) is 1. The maximum absolute atomic E-state index is 12.7. The molecule has 152 valence electrons. The highest BCUT2D eigenvalue weighted by atomic mass is 32.1. The first-order chi connectivity index (χ1) is 14.6. The first-order valence-electron chi connectivity index (χ1n) is 9.33. The van der Waals surface area contributed by atoms with Gasteiger partial charge in [0.2, 0.25) is 5.82 Å². The van der Waals surface area contributed by atoms with Crippen molar-refractivity contribution in [1.29, 1.82) is 0 Å². The van der Waals surface area contributed by atoms with Gasteiger partial charge in [-0.1, -0.05) is 34.7 Å². The summed E-state index contributed by atoms with van der Waals surface area (Å²) in [6, 6.07) is 8.64. The van der Waals surface area contributed by atoms with Crippen LogP contribution < -0.4 is 10.3 Å². The number of aromatic amines is 1. The second-order valence-electron chi connectivity index (χ2n) is 6.80. The predicted octanol–water partition coefficient (Wildman–Crippen LogP) is 3.07. The van der Waals surface area contributed by atoms with E-state index in [-0.39, 0.29) is 23.3 Å². The number of hydrogen-bond donors (Lipinski definition) is 1. The van der Waals surface area contributed by atoms with Crippen LogP contribution in [-0.4, -0.2) is 42.6 Å². The molecule has 0 saturated carbocycles. The SMILES string of the molecule is Cc1noc(-c2nc3sc([C@H]4CCCN4C(=O)Oc4ccccc4)nc3c(=O)[nH]2)n1. The Hall–Kier alpha value is -3.60. The van der Waals surface area contributed by atoms with Crippen LogP contribution >= 0.6 is 11.3 Å². The number of rotatable bonds is 3. The van der Waals surface area contributed by atoms with Crippen molar-refractivity contribution in [3.8, 4) is 17.5 Å². The van der Waals surface area contributed by atoms with Gasteiger partial charge in [-0.15, -0.1) is 0 Å². The fourth-order valence-corrected chi connectivity index (χ4v) is 4.46. The van der Waals surface area contributed by atoms with E-state index in [1.807, 2.05) is 6.07 Å². The number of ether oxygens (including phenoxy) is 1. The van der Waals surface area contributed by atoms with Gasteiger partial charge in [-0.2, -0.15) is 4.98 Å². The number of para-hydroxylation sites is 1. The summed E-state index contributed by atoms with van der Waals surface area (Å²) in [5.41, 5.74) is -0.178. The molecule has 3 aromatic heterocycles. The number of aromatic nitrogens is 5. The third-order valence-electron chi connectivity index (χ3n) is 4.74. The van der Waals surface area contributed by atoms with Gasteiger partial charge in [0.1, 0.15) is 10.8 Å². The third-order valence-corrected chi connectivity index (χ3v) is 5.79. The molecule has 30 heavy (non-hydrogen) atoms. The molecular weight excluding hydrogens is 408 g/mol. The van der Waals surface area contributed by atoms with E-state index >= 15 is 0 Å². The van der Waals surface area contributed by atoms with Gasteiger partial charge >= 0.3 is 6.09 Å². The largest absolute Gasteiger partial charge is 0.415 e. The van der Waals surface area contributed by atoms with Gasteiger partial charge in [0.05, 0.1) is 6.04 Å². The van der Waals surface area contributed by atoms with E-state index in [4.69, 9.17) is 9.26 Å². The van der Waals surface area contributed by atoms with Crippen molar-refractivity contribution in [3.05, 3.63) is 51.5 Å². The molecule has 0 radical (unpaired) electrons. The lowest BCUT2D eigenvalue weighted by Gasteiger charge is -2.22. The predicted molar refractivity (Wildman–Crippen MR) is 107 cm³/mol. The van der Waals surface area contributed by atoms with Gasteiger partial charge in [0, 0.05) is 6.54 Å². The number of hydrogen-bond acceptors (Lipinski definition) is 9. The monoisotopic (exact) mass is 424 g/mol. The molecule has 1 amide bonds. The van der Waals surface area contributed by atoms with Crippen molar-refractivity contribution in [2.24, 2.45) is 0 Å². The molecule has 0 bridgehead atoms. The molecule has 10 nitrogen and oxygen atoms in total. The molecule has 4 heterocycles. The molecule has 1 atom stereocenters. The lowest BCUT2D eigenvalue weighted by molar-refractivity contribution is 0.147. The normalized spacial score (nSPS) is 16.3. The summed E-state index contributed by atoms with van der Waals surface area (Å²) < 4.78 is 10.6. The van der Waals surface area contributed by atoms with Crippen LogP contribution in [0.15, 0.2) is 39.6 Å². The first-order valence-corrected chi connectivity index (χ1v) is 10.1. The Labute approximate surface area is 173 Å². The summed E-state index contributed by atoms with van der Waals surface area (Å²) in [4.78, 5) is 42.9. The van der Waals surface area contributed by atoms with E-state index in [2.05, 4.69) is 25.1 Å². The molecule has 0 unspecified atom stereocenters. The summed E-state index contributed by atoms with van der Waals surface area (Å²) in [7, 11) is 0. The van der Waals surface area contributed by atoms with E-state index in [9.17, 15) is 9.59 Å². The van der Waals surface area contributed by atoms with Crippen LogP contribution in [-0.2, 0) is 0 Å². The highest BCUT2D eigenvalue weighted by Crippen LogP contribution is 2.36. The molecule has 1 aliphatic rings. The fraction of sp³-hybridized carbons (Fsp3) is 0.263. The van der Waals surface area contributed by atoms with Crippen LogP contribution in [0.25, 0.3) is 22.1 Å². The van der Waals surface area contributed by atoms with E-state index in [0.29, 0.717) is 28.0 Å². The molecular formula is C19H16N6O4S. The van der Waals surface area contributed by atoms with E-state index < -0.39 is 11.7 Å². The maximum atomic E-state index is 12.7. The zero-order valence-electron chi connectivity index (χ0n) is 15.9. The zero-order valence-corrected chi connectivity index (χ0v) is 16.7. The molecule has 1 N–H and O–H groups in total. The minimum absolute atomic E-state index is 0.135. The van der Waals surface area contributed by atoms with Crippen LogP contribution in [0.2, 0.25) is 0 Å². The van der Waals surface area contributed by atoms with E-state index in [1.165, 1.54) is 11.3 Å². The molecule has 0 aliphatic carbocycles. The second-order valence-corrected chi connectivity index (χ2v) is 7.81. The zero-order chi connectivity index (χ0) is 20.7. The third kappa shape index (κ3) is 3.32. The maximum Gasteiger partial charge on any atom is 0.415 e. The van der Waals surface area contributed by atoms with Crippen LogP contribution in [0.3, 0.4) is 0 Å². The Morgan fingerprint density at radius 3 is 2.87 bits per heavy atom. The van der Waals surface area contributed by atoms with Crippen molar-refractivity contribution in [3.63, 3.8) is 0 Å². The summed E-state index contributed by atoms with van der Waals surface area (Å²) in [5.74, 6) is 1.25. The van der Waals surface area contributed by atoms with Gasteiger partial charge in [0.25, 0.3) is 11.4 Å². The molecule has 4 aromatic rings. The Bertz CT molecular complexity index is 1280. The lowest BCUT2D eigenvalue weighted by atomic mass is 10.2. The number of benzene rings is 1. The summed E-state index contributed by atoms with van der Waals surface area (Å²) in [5, 5.41) is 4.36. The number of amides is 1. The minimum Gasteiger partial charge on any atom is -0.410 e. The van der Waals surface area contributed by atoms with E-state index in [1.54, 1.807) is 36.1 Å². The Kier molecular flexibility index (Phi) is 4.51. The molecule has 1 aromatic carbocycles. The van der Waals surface area contributed by atoms with Crippen molar-refractivity contribution < 1.29 is 14.1 Å². The molecule has 11 heteroatoms.